The Morgan fingerprint density at radius 2 is 1.64 bits per heavy atom. The molecule has 1 aromatic rings. The van der Waals surface area contributed by atoms with Crippen molar-refractivity contribution in [2.24, 2.45) is 0 Å². The molecule has 0 bridgehead atoms. The Labute approximate surface area is 163 Å². The standard InChI is InChI=1S/C22H34OS2/c1-3-4-5-6-7-8-9-13-18-22(24-2)20(23)16-17-21(22)25-19-14-11-10-12-15-19/h10-12,14-15,21H,3-9,13,16-18H2,1-2H3/t21-,22+/m1/s1. The predicted octanol–water partition coefficient (Wildman–Crippen LogP) is 7.14. The Morgan fingerprint density at radius 3 is 2.28 bits per heavy atom. The summed E-state index contributed by atoms with van der Waals surface area (Å²) in [6, 6.07) is 10.6. The van der Waals surface area contributed by atoms with E-state index in [0.29, 0.717) is 11.0 Å². The molecule has 1 aliphatic rings. The first-order valence-corrected chi connectivity index (χ1v) is 12.1. The summed E-state index contributed by atoms with van der Waals surface area (Å²) in [6.07, 6.45) is 15.7. The molecule has 140 valence electrons. The van der Waals surface area contributed by atoms with E-state index >= 15 is 0 Å². The molecule has 1 aliphatic carbocycles. The molecular weight excluding hydrogens is 344 g/mol. The third-order valence-corrected chi connectivity index (χ3v) is 8.47. The fourth-order valence-corrected chi connectivity index (χ4v) is 6.68. The van der Waals surface area contributed by atoms with E-state index in [1.54, 1.807) is 0 Å². The third kappa shape index (κ3) is 6.06. The van der Waals surface area contributed by atoms with Gasteiger partial charge in [0.2, 0.25) is 0 Å². The highest BCUT2D eigenvalue weighted by Crippen LogP contribution is 2.49. The molecule has 0 aromatic heterocycles. The van der Waals surface area contributed by atoms with Crippen molar-refractivity contribution in [1.82, 2.24) is 0 Å². The summed E-state index contributed by atoms with van der Waals surface area (Å²) in [5.74, 6) is 0.497. The first-order chi connectivity index (χ1) is 12.2. The molecule has 0 aliphatic heterocycles. The van der Waals surface area contributed by atoms with Gasteiger partial charge in [-0.3, -0.25) is 4.79 Å². The number of carbonyl (C=O) groups excluding carboxylic acids is 1. The minimum Gasteiger partial charge on any atom is -0.298 e. The maximum atomic E-state index is 12.7. The molecule has 3 heteroatoms. The molecule has 0 saturated heterocycles. The van der Waals surface area contributed by atoms with Gasteiger partial charge in [-0.1, -0.05) is 76.5 Å². The van der Waals surface area contributed by atoms with Crippen LogP contribution in [0.15, 0.2) is 35.2 Å². The summed E-state index contributed by atoms with van der Waals surface area (Å²) in [7, 11) is 0. The number of carbonyl (C=O) groups is 1. The number of hydrogen-bond donors (Lipinski definition) is 0. The molecule has 2 atom stereocenters. The van der Waals surface area contributed by atoms with Gasteiger partial charge in [0.1, 0.15) is 5.78 Å². The van der Waals surface area contributed by atoms with Gasteiger partial charge in [-0.25, -0.2) is 0 Å². The lowest BCUT2D eigenvalue weighted by Crippen LogP contribution is -2.38. The quantitative estimate of drug-likeness (QED) is 0.360. The van der Waals surface area contributed by atoms with Gasteiger partial charge >= 0.3 is 0 Å². The number of Topliss-reactive ketones (excluding diaryl/α,β-unsaturated/α-hetero) is 1. The second kappa shape index (κ2) is 11.3. The van der Waals surface area contributed by atoms with Gasteiger partial charge in [-0.05, 0) is 31.2 Å². The van der Waals surface area contributed by atoms with E-state index < -0.39 is 0 Å². The zero-order chi connectivity index (χ0) is 18.0. The van der Waals surface area contributed by atoms with E-state index in [1.807, 2.05) is 23.5 Å². The summed E-state index contributed by atoms with van der Waals surface area (Å²) in [6.45, 7) is 2.27. The largest absolute Gasteiger partial charge is 0.298 e. The molecule has 25 heavy (non-hydrogen) atoms. The van der Waals surface area contributed by atoms with Gasteiger partial charge in [0.15, 0.2) is 0 Å². The topological polar surface area (TPSA) is 17.1 Å². The molecule has 2 rings (SSSR count). The van der Waals surface area contributed by atoms with Gasteiger partial charge in [0.25, 0.3) is 0 Å². The van der Waals surface area contributed by atoms with Crippen LogP contribution in [0.5, 0.6) is 0 Å². The van der Waals surface area contributed by atoms with Gasteiger partial charge in [0.05, 0.1) is 4.75 Å². The molecule has 1 fully saturated rings. The normalized spacial score (nSPS) is 23.3. The van der Waals surface area contributed by atoms with Crippen LogP contribution >= 0.6 is 23.5 Å². The maximum absolute atomic E-state index is 12.7. The van der Waals surface area contributed by atoms with Crippen molar-refractivity contribution in [2.75, 3.05) is 6.26 Å². The van der Waals surface area contributed by atoms with Crippen LogP contribution in [0.2, 0.25) is 0 Å². The molecule has 1 aromatic carbocycles. The first-order valence-electron chi connectivity index (χ1n) is 10.0. The minimum absolute atomic E-state index is 0.150. The summed E-state index contributed by atoms with van der Waals surface area (Å²) in [5, 5.41) is 0.432. The average Bonchev–Trinajstić information content (AvgIpc) is 2.94. The molecule has 0 radical (unpaired) electrons. The minimum atomic E-state index is -0.150. The van der Waals surface area contributed by atoms with E-state index in [1.165, 1.54) is 56.3 Å². The third-order valence-electron chi connectivity index (χ3n) is 5.41. The number of benzene rings is 1. The van der Waals surface area contributed by atoms with E-state index in [0.717, 1.165) is 19.3 Å². The second-order valence-electron chi connectivity index (χ2n) is 7.20. The molecule has 0 amide bonds. The second-order valence-corrected chi connectivity index (χ2v) is 9.61. The van der Waals surface area contributed by atoms with Crippen molar-refractivity contribution in [3.8, 4) is 0 Å². The highest BCUT2D eigenvalue weighted by molar-refractivity contribution is 8.04. The van der Waals surface area contributed by atoms with Crippen molar-refractivity contribution < 1.29 is 4.79 Å². The Morgan fingerprint density at radius 1 is 1.00 bits per heavy atom. The van der Waals surface area contributed by atoms with Crippen molar-refractivity contribution in [2.45, 2.75) is 92.4 Å². The molecule has 1 nitrogen and oxygen atoms in total. The monoisotopic (exact) mass is 378 g/mol. The zero-order valence-corrected chi connectivity index (χ0v) is 17.6. The summed E-state index contributed by atoms with van der Waals surface area (Å²) >= 11 is 3.74. The predicted molar refractivity (Wildman–Crippen MR) is 114 cm³/mol. The highest BCUT2D eigenvalue weighted by atomic mass is 32.2. The number of ketones is 1. The van der Waals surface area contributed by atoms with Gasteiger partial charge in [-0.15, -0.1) is 23.5 Å². The molecule has 0 spiro atoms. The molecule has 0 unspecified atom stereocenters. The lowest BCUT2D eigenvalue weighted by Gasteiger charge is -2.32. The van der Waals surface area contributed by atoms with Crippen LogP contribution in [0.4, 0.5) is 0 Å². The lowest BCUT2D eigenvalue weighted by molar-refractivity contribution is -0.119. The van der Waals surface area contributed by atoms with E-state index in [9.17, 15) is 4.79 Å². The molecule has 1 saturated carbocycles. The zero-order valence-electron chi connectivity index (χ0n) is 16.0. The van der Waals surface area contributed by atoms with Crippen LogP contribution in [0.1, 0.15) is 77.6 Å². The highest BCUT2D eigenvalue weighted by Gasteiger charge is 2.49. The first kappa shape index (κ1) is 20.9. The average molecular weight is 379 g/mol. The lowest BCUT2D eigenvalue weighted by atomic mass is 9.96. The number of thioether (sulfide) groups is 2. The number of hydrogen-bond acceptors (Lipinski definition) is 3. The van der Waals surface area contributed by atoms with Gasteiger partial charge in [-0.2, -0.15) is 0 Å². The Hall–Kier alpha value is -0.410. The van der Waals surface area contributed by atoms with Crippen molar-refractivity contribution >= 4 is 29.3 Å². The van der Waals surface area contributed by atoms with Crippen LogP contribution < -0.4 is 0 Å². The summed E-state index contributed by atoms with van der Waals surface area (Å²) < 4.78 is -0.150. The fraction of sp³-hybridized carbons (Fsp3) is 0.682. The van der Waals surface area contributed by atoms with Crippen LogP contribution in [0.25, 0.3) is 0 Å². The van der Waals surface area contributed by atoms with Crippen molar-refractivity contribution in [3.05, 3.63) is 30.3 Å². The van der Waals surface area contributed by atoms with Crippen LogP contribution in [-0.4, -0.2) is 22.0 Å². The van der Waals surface area contributed by atoms with Gasteiger partial charge < -0.3 is 0 Å². The van der Waals surface area contributed by atoms with E-state index in [-0.39, 0.29) is 4.75 Å². The summed E-state index contributed by atoms with van der Waals surface area (Å²) in [4.78, 5) is 14.0. The number of unbranched alkanes of at least 4 members (excludes halogenated alkanes) is 7. The van der Waals surface area contributed by atoms with Gasteiger partial charge in [0, 0.05) is 16.6 Å². The van der Waals surface area contributed by atoms with Crippen molar-refractivity contribution in [3.63, 3.8) is 0 Å². The number of rotatable bonds is 12. The maximum Gasteiger partial charge on any atom is 0.150 e. The fourth-order valence-electron chi connectivity index (χ4n) is 3.87. The van der Waals surface area contributed by atoms with Crippen molar-refractivity contribution in [1.29, 1.82) is 0 Å². The van der Waals surface area contributed by atoms with Crippen LogP contribution in [-0.2, 0) is 4.79 Å². The van der Waals surface area contributed by atoms with E-state index in [4.69, 9.17) is 0 Å². The SMILES string of the molecule is CCCCCCCCCC[C@]1(SC)C(=O)CC[C@H]1Sc1ccccc1. The molecule has 0 N–H and O–H groups in total. The molecular formula is C22H34OS2. The smallest absolute Gasteiger partial charge is 0.150 e. The van der Waals surface area contributed by atoms with E-state index in [2.05, 4.69) is 43.5 Å². The Bertz CT molecular complexity index is 502. The van der Waals surface area contributed by atoms with Crippen LogP contribution in [0.3, 0.4) is 0 Å². The van der Waals surface area contributed by atoms with Crippen LogP contribution in [0, 0.1) is 0 Å². The molecule has 0 heterocycles. The summed E-state index contributed by atoms with van der Waals surface area (Å²) in [5.41, 5.74) is 0. The Kier molecular flexibility index (Phi) is 9.47. The Balaban J connectivity index is 1.82.